The average Bonchev–Trinajstić information content (AvgIpc) is 3.09. The first-order chi connectivity index (χ1) is 12.1. The molecule has 3 rings (SSSR count). The number of nitrogens with zero attached hydrogens (tertiary/aromatic N) is 3. The lowest BCUT2D eigenvalue weighted by Crippen LogP contribution is -1.97. The van der Waals surface area contributed by atoms with Crippen LogP contribution in [0.2, 0.25) is 0 Å². The van der Waals surface area contributed by atoms with Gasteiger partial charge >= 0.3 is 5.30 Å². The maximum atomic E-state index is 11.8. The van der Waals surface area contributed by atoms with Crippen LogP contribution in [0.5, 0.6) is 0 Å². The number of carbonyl (C=O) groups excluding carboxylic acids is 1. The molecule has 1 heterocycles. The van der Waals surface area contributed by atoms with Crippen molar-refractivity contribution in [1.82, 2.24) is 10.2 Å². The van der Waals surface area contributed by atoms with E-state index >= 15 is 0 Å². The molecule has 0 bridgehead atoms. The molecule has 0 aliphatic carbocycles. The number of nitro benzene ring substituents is 1. The molecule has 25 heavy (non-hydrogen) atoms. The molecule has 0 radical (unpaired) electrons. The molecule has 0 atom stereocenters. The first-order valence-corrected chi connectivity index (χ1v) is 7.90. The van der Waals surface area contributed by atoms with E-state index in [1.54, 1.807) is 0 Å². The summed E-state index contributed by atoms with van der Waals surface area (Å²) in [6.07, 6.45) is 0. The molecule has 1 aromatic heterocycles. The van der Waals surface area contributed by atoms with E-state index in [1.165, 1.54) is 24.3 Å². The second kappa shape index (κ2) is 7.58. The van der Waals surface area contributed by atoms with Crippen LogP contribution < -0.4 is 0 Å². The summed E-state index contributed by atoms with van der Waals surface area (Å²) in [5.74, 6) is 0.160. The molecule has 0 aliphatic rings. The summed E-state index contributed by atoms with van der Waals surface area (Å²) < 4.78 is 10.5. The molecule has 0 aliphatic heterocycles. The third-order valence-corrected chi connectivity index (χ3v) is 3.73. The second-order valence-corrected chi connectivity index (χ2v) is 5.69. The van der Waals surface area contributed by atoms with E-state index in [0.717, 1.165) is 5.56 Å². The molecule has 0 spiro atoms. The average molecular weight is 357 g/mol. The van der Waals surface area contributed by atoms with Gasteiger partial charge in [-0.3, -0.25) is 10.1 Å². The monoisotopic (exact) mass is 357 g/mol. The van der Waals surface area contributed by atoms with Crippen molar-refractivity contribution in [2.75, 3.05) is 0 Å². The number of thioether (sulfide) groups is 1. The second-order valence-electron chi connectivity index (χ2n) is 4.80. The van der Waals surface area contributed by atoms with Crippen molar-refractivity contribution in [1.29, 1.82) is 0 Å². The lowest BCUT2D eigenvalue weighted by molar-refractivity contribution is -0.384. The van der Waals surface area contributed by atoms with Gasteiger partial charge < -0.3 is 9.15 Å². The van der Waals surface area contributed by atoms with Crippen LogP contribution in [0.1, 0.15) is 5.56 Å². The van der Waals surface area contributed by atoms with Gasteiger partial charge in [0.2, 0.25) is 5.89 Å². The third-order valence-electron chi connectivity index (χ3n) is 3.10. The van der Waals surface area contributed by atoms with Crippen molar-refractivity contribution < 1.29 is 18.9 Å². The van der Waals surface area contributed by atoms with Crippen molar-refractivity contribution >= 4 is 22.8 Å². The number of nitro groups is 1. The van der Waals surface area contributed by atoms with Gasteiger partial charge in [-0.2, -0.15) is 0 Å². The Bertz CT molecular complexity index is 880. The van der Waals surface area contributed by atoms with Crippen molar-refractivity contribution in [2.45, 2.75) is 11.8 Å². The molecule has 0 fully saturated rings. The first-order valence-electron chi connectivity index (χ1n) is 7.08. The van der Waals surface area contributed by atoms with Gasteiger partial charge in [-0.1, -0.05) is 30.3 Å². The summed E-state index contributed by atoms with van der Waals surface area (Å²) >= 11 is 0.677. The van der Waals surface area contributed by atoms with Crippen LogP contribution in [0.4, 0.5) is 10.5 Å². The zero-order valence-corrected chi connectivity index (χ0v) is 13.5. The highest BCUT2D eigenvalue weighted by Gasteiger charge is 2.15. The Balaban J connectivity index is 1.59. The number of rotatable bonds is 5. The van der Waals surface area contributed by atoms with E-state index in [2.05, 4.69) is 10.2 Å². The fourth-order valence-electron chi connectivity index (χ4n) is 1.91. The number of hydrogen-bond acceptors (Lipinski definition) is 8. The molecular formula is C16H11N3O5S. The fraction of sp³-hybridized carbons (Fsp3) is 0.0625. The molecule has 126 valence electrons. The van der Waals surface area contributed by atoms with Crippen LogP contribution in [-0.4, -0.2) is 20.4 Å². The molecular weight excluding hydrogens is 346 g/mol. The molecule has 3 aromatic rings. The number of hydrogen-bond donors (Lipinski definition) is 0. The van der Waals surface area contributed by atoms with Gasteiger partial charge in [0.25, 0.3) is 10.9 Å². The highest BCUT2D eigenvalue weighted by atomic mass is 32.2. The number of aromatic nitrogens is 2. The molecule has 0 unspecified atom stereocenters. The minimum absolute atomic E-state index is 0.0337. The van der Waals surface area contributed by atoms with E-state index in [-0.39, 0.29) is 23.4 Å². The topological polar surface area (TPSA) is 108 Å². The summed E-state index contributed by atoms with van der Waals surface area (Å²) in [4.78, 5) is 21.9. The van der Waals surface area contributed by atoms with E-state index in [0.29, 0.717) is 17.3 Å². The van der Waals surface area contributed by atoms with Crippen LogP contribution in [-0.2, 0) is 11.3 Å². The number of carbonyl (C=O) groups is 1. The summed E-state index contributed by atoms with van der Waals surface area (Å²) in [5, 5.41) is 17.7. The fourth-order valence-corrected chi connectivity index (χ4v) is 2.37. The Morgan fingerprint density at radius 1 is 1.12 bits per heavy atom. The first kappa shape index (κ1) is 16.7. The van der Waals surface area contributed by atoms with E-state index < -0.39 is 10.2 Å². The minimum Gasteiger partial charge on any atom is -0.452 e. The maximum Gasteiger partial charge on any atom is 0.377 e. The Hall–Kier alpha value is -3.20. The lowest BCUT2D eigenvalue weighted by Gasteiger charge is -2.02. The molecule has 0 saturated carbocycles. The Labute approximate surface area is 146 Å². The van der Waals surface area contributed by atoms with E-state index in [9.17, 15) is 14.9 Å². The van der Waals surface area contributed by atoms with Crippen molar-refractivity contribution in [3.05, 3.63) is 70.3 Å². The smallest absolute Gasteiger partial charge is 0.377 e. The van der Waals surface area contributed by atoms with Crippen LogP contribution in [0.15, 0.2) is 64.2 Å². The Kier molecular flexibility index (Phi) is 5.05. The number of non-ortho nitro benzene ring substituents is 1. The normalized spacial score (nSPS) is 10.4. The molecule has 8 nitrogen and oxygen atoms in total. The largest absolute Gasteiger partial charge is 0.452 e. The molecule has 0 N–H and O–H groups in total. The third kappa shape index (κ3) is 4.42. The Morgan fingerprint density at radius 2 is 1.84 bits per heavy atom. The standard InChI is InChI=1S/C16H11N3O5S/c20-16(23-10-11-4-2-1-3-5-11)25-15-18-17-14(24-15)12-6-8-13(9-7-12)19(21)22/h1-9H,10H2. The van der Waals surface area contributed by atoms with E-state index in [1.807, 2.05) is 30.3 Å². The summed E-state index contributed by atoms with van der Waals surface area (Å²) in [6, 6.07) is 14.9. The number of ether oxygens (including phenoxy) is 1. The predicted molar refractivity (Wildman–Crippen MR) is 88.9 cm³/mol. The predicted octanol–water partition coefficient (Wildman–Crippen LogP) is 4.07. The van der Waals surface area contributed by atoms with Gasteiger partial charge in [0, 0.05) is 17.7 Å². The van der Waals surface area contributed by atoms with Gasteiger partial charge in [-0.25, -0.2) is 4.79 Å². The molecule has 2 aromatic carbocycles. The van der Waals surface area contributed by atoms with Crippen LogP contribution in [0.25, 0.3) is 11.5 Å². The van der Waals surface area contributed by atoms with Crippen LogP contribution in [0.3, 0.4) is 0 Å². The highest BCUT2D eigenvalue weighted by molar-refractivity contribution is 8.13. The lowest BCUT2D eigenvalue weighted by atomic mass is 10.2. The molecule has 0 saturated heterocycles. The SMILES string of the molecule is O=C(OCc1ccccc1)Sc1nnc(-c2ccc([N+](=O)[O-])cc2)o1. The Morgan fingerprint density at radius 3 is 2.52 bits per heavy atom. The zero-order valence-electron chi connectivity index (χ0n) is 12.7. The number of benzene rings is 2. The van der Waals surface area contributed by atoms with E-state index in [4.69, 9.17) is 9.15 Å². The quantitative estimate of drug-likeness (QED) is 0.291. The van der Waals surface area contributed by atoms with Crippen molar-refractivity contribution in [3.8, 4) is 11.5 Å². The van der Waals surface area contributed by atoms with Crippen LogP contribution >= 0.6 is 11.8 Å². The van der Waals surface area contributed by atoms with Gasteiger partial charge in [0.1, 0.15) is 6.61 Å². The van der Waals surface area contributed by atoms with Crippen LogP contribution in [0, 0.1) is 10.1 Å². The van der Waals surface area contributed by atoms with Gasteiger partial charge in [0.05, 0.1) is 16.7 Å². The minimum atomic E-state index is -0.567. The van der Waals surface area contributed by atoms with Gasteiger partial charge in [0.15, 0.2) is 0 Å². The zero-order chi connectivity index (χ0) is 17.6. The summed E-state index contributed by atoms with van der Waals surface area (Å²) in [5.41, 5.74) is 1.35. The summed E-state index contributed by atoms with van der Waals surface area (Å²) in [6.45, 7) is 0.149. The summed E-state index contributed by atoms with van der Waals surface area (Å²) in [7, 11) is 0. The van der Waals surface area contributed by atoms with Crippen molar-refractivity contribution in [3.63, 3.8) is 0 Å². The van der Waals surface area contributed by atoms with Gasteiger partial charge in [-0.15, -0.1) is 10.2 Å². The van der Waals surface area contributed by atoms with Gasteiger partial charge in [-0.05, 0) is 17.7 Å². The highest BCUT2D eigenvalue weighted by Crippen LogP contribution is 2.26. The van der Waals surface area contributed by atoms with Crippen molar-refractivity contribution in [2.24, 2.45) is 0 Å². The molecule has 0 amide bonds. The maximum absolute atomic E-state index is 11.8. The molecule has 9 heteroatoms.